The molecule has 4 atom stereocenters. The maximum atomic E-state index is 12.9. The van der Waals surface area contributed by atoms with E-state index in [4.69, 9.17) is 9.47 Å². The number of piperidine rings is 2. The number of rotatable bonds is 15. The number of carbonyl (C=O) groups excluding carboxylic acids is 3. The maximum absolute atomic E-state index is 12.9. The van der Waals surface area contributed by atoms with Crippen molar-refractivity contribution in [2.24, 2.45) is 5.73 Å². The van der Waals surface area contributed by atoms with Crippen LogP contribution in [0.2, 0.25) is 0 Å². The van der Waals surface area contributed by atoms with Gasteiger partial charge in [-0.3, -0.25) is 9.59 Å². The summed E-state index contributed by atoms with van der Waals surface area (Å²) in [5.74, 6) is 0.996. The number of ether oxygens (including phenoxy) is 2. The molecule has 2 aromatic carbocycles. The van der Waals surface area contributed by atoms with Crippen LogP contribution in [0.15, 0.2) is 60.9 Å². The third-order valence-corrected chi connectivity index (χ3v) is 11.6. The lowest BCUT2D eigenvalue weighted by Crippen LogP contribution is -2.50. The van der Waals surface area contributed by atoms with Gasteiger partial charge in [0.1, 0.15) is 5.75 Å². The van der Waals surface area contributed by atoms with Gasteiger partial charge in [-0.05, 0) is 101 Å². The molecule has 13 heteroatoms. The van der Waals surface area contributed by atoms with E-state index in [0.29, 0.717) is 37.4 Å². The lowest BCUT2D eigenvalue weighted by molar-refractivity contribution is -0.184. The second-order valence-corrected chi connectivity index (χ2v) is 16.4. The number of ketones is 1. The summed E-state index contributed by atoms with van der Waals surface area (Å²) in [5.41, 5.74) is 7.49. The quantitative estimate of drug-likeness (QED) is 0.144. The van der Waals surface area contributed by atoms with Gasteiger partial charge in [0.05, 0.1) is 30.7 Å². The van der Waals surface area contributed by atoms with E-state index in [1.54, 1.807) is 6.92 Å². The first kappa shape index (κ1) is 47.5. The summed E-state index contributed by atoms with van der Waals surface area (Å²) in [4.78, 5) is 41.6. The van der Waals surface area contributed by atoms with Crippen molar-refractivity contribution in [2.45, 2.75) is 148 Å². The van der Waals surface area contributed by atoms with Gasteiger partial charge in [-0.25, -0.2) is 4.79 Å². The van der Waals surface area contributed by atoms with Crippen molar-refractivity contribution in [3.05, 3.63) is 72.1 Å². The Labute approximate surface area is 352 Å². The minimum Gasteiger partial charge on any atom is -0.465 e. The number of nitrogens with one attached hydrogen (secondary N) is 2. The Morgan fingerprint density at radius 2 is 1.61 bits per heavy atom. The van der Waals surface area contributed by atoms with E-state index in [0.717, 1.165) is 55.2 Å². The van der Waals surface area contributed by atoms with Crippen LogP contribution in [-0.4, -0.2) is 119 Å². The van der Waals surface area contributed by atoms with Gasteiger partial charge in [0.2, 0.25) is 12.2 Å². The molecule has 6 N–H and O–H groups in total. The number of likely N-dealkylation sites (tertiary alicyclic amines) is 2. The monoisotopic (exact) mass is 821 g/mol. The number of hydrogen-bond donors (Lipinski definition) is 5. The van der Waals surface area contributed by atoms with Crippen LogP contribution in [0.1, 0.15) is 109 Å². The summed E-state index contributed by atoms with van der Waals surface area (Å²) >= 11 is 0. The fraction of sp³-hybridized carbons (Fsp3) is 0.630. The van der Waals surface area contributed by atoms with Gasteiger partial charge >= 0.3 is 6.03 Å². The highest BCUT2D eigenvalue weighted by molar-refractivity contribution is 5.91. The summed E-state index contributed by atoms with van der Waals surface area (Å²) in [7, 11) is 0. The van der Waals surface area contributed by atoms with Crippen molar-refractivity contribution >= 4 is 23.4 Å². The van der Waals surface area contributed by atoms with Crippen molar-refractivity contribution < 1.29 is 34.1 Å². The SMILES string of the molecule is C=C(N[C@H](Cc1ccc(OC2CC(O)CC(CO)O2)cc1)C(C)=O)N1CCC(N2CCc3ccccc3NC2=O)CC1.CC(N)=O.CCCC(CCC)N1CCCCC1. The number of urea groups is 1. The predicted octanol–water partition coefficient (Wildman–Crippen LogP) is 5.97. The highest BCUT2D eigenvalue weighted by Gasteiger charge is 2.32. The topological polar surface area (TPSA) is 170 Å². The normalized spacial score (nSPS) is 21.7. The molecule has 59 heavy (non-hydrogen) atoms. The fourth-order valence-corrected chi connectivity index (χ4v) is 8.47. The number of nitrogens with zero attached hydrogens (tertiary/aromatic N) is 3. The van der Waals surface area contributed by atoms with Crippen LogP contribution in [0.5, 0.6) is 5.75 Å². The van der Waals surface area contributed by atoms with Gasteiger partial charge in [0.25, 0.3) is 0 Å². The van der Waals surface area contributed by atoms with Gasteiger partial charge < -0.3 is 50.8 Å². The number of benzene rings is 2. The summed E-state index contributed by atoms with van der Waals surface area (Å²) in [5, 5.41) is 25.8. The molecule has 0 spiro atoms. The minimum absolute atomic E-state index is 0.0202. The van der Waals surface area contributed by atoms with Crippen LogP contribution >= 0.6 is 0 Å². The van der Waals surface area contributed by atoms with E-state index < -0.39 is 24.5 Å². The van der Waals surface area contributed by atoms with E-state index in [9.17, 15) is 24.6 Å². The second kappa shape index (κ2) is 24.8. The molecule has 0 saturated carbocycles. The lowest BCUT2D eigenvalue weighted by Gasteiger charge is -2.40. The van der Waals surface area contributed by atoms with Crippen molar-refractivity contribution in [3.63, 3.8) is 0 Å². The zero-order valence-electron chi connectivity index (χ0n) is 36.1. The van der Waals surface area contributed by atoms with Crippen LogP contribution < -0.4 is 21.1 Å². The largest absolute Gasteiger partial charge is 0.465 e. The highest BCUT2D eigenvalue weighted by Crippen LogP contribution is 2.27. The Bertz CT molecular complexity index is 1580. The van der Waals surface area contributed by atoms with Gasteiger partial charge in [0, 0.05) is 57.2 Å². The van der Waals surface area contributed by atoms with Gasteiger partial charge in [0.15, 0.2) is 5.78 Å². The first-order valence-corrected chi connectivity index (χ1v) is 22.0. The molecule has 0 bridgehead atoms. The molecule has 3 amide bonds. The van der Waals surface area contributed by atoms with Crippen molar-refractivity contribution in [1.29, 1.82) is 0 Å². The number of hydrogen-bond acceptors (Lipinski definition) is 10. The Morgan fingerprint density at radius 3 is 2.22 bits per heavy atom. The molecule has 3 fully saturated rings. The molecule has 3 saturated heterocycles. The van der Waals surface area contributed by atoms with Gasteiger partial charge in [-0.1, -0.05) is 70.0 Å². The number of anilines is 1. The first-order valence-electron chi connectivity index (χ1n) is 22.0. The van der Waals surface area contributed by atoms with Gasteiger partial charge in [-0.2, -0.15) is 0 Å². The Hall–Kier alpha value is -4.17. The number of Topliss-reactive ketones (excluding diaryl/α,β-unsaturated/α-hetero) is 1. The summed E-state index contributed by atoms with van der Waals surface area (Å²) in [6, 6.07) is 16.0. The van der Waals surface area contributed by atoms with E-state index in [1.165, 1.54) is 65.0 Å². The molecule has 0 aromatic heterocycles. The minimum atomic E-state index is -0.624. The molecule has 13 nitrogen and oxygen atoms in total. The molecule has 4 aliphatic heterocycles. The number of aliphatic hydroxyl groups excluding tert-OH is 2. The number of carbonyl (C=O) groups is 3. The number of fused-ring (bicyclic) bond motifs is 1. The van der Waals surface area contributed by atoms with Crippen molar-refractivity contribution in [2.75, 3.05) is 44.6 Å². The average Bonchev–Trinajstić information content (AvgIpc) is 3.39. The molecule has 328 valence electrons. The van der Waals surface area contributed by atoms with Crippen molar-refractivity contribution in [1.82, 2.24) is 20.0 Å². The van der Waals surface area contributed by atoms with Crippen LogP contribution in [0.3, 0.4) is 0 Å². The van der Waals surface area contributed by atoms with Crippen LogP contribution in [-0.2, 0) is 27.2 Å². The number of para-hydroxylation sites is 1. The maximum Gasteiger partial charge on any atom is 0.322 e. The van der Waals surface area contributed by atoms with Crippen LogP contribution in [0.25, 0.3) is 0 Å². The molecule has 6 rings (SSSR count). The zero-order chi connectivity index (χ0) is 42.7. The number of nitrogens with two attached hydrogens (primary N) is 1. The number of amides is 3. The average molecular weight is 821 g/mol. The molecule has 0 aliphatic carbocycles. The van der Waals surface area contributed by atoms with Crippen LogP contribution in [0.4, 0.5) is 10.5 Å². The molecule has 0 radical (unpaired) electrons. The molecule has 4 heterocycles. The van der Waals surface area contributed by atoms with Gasteiger partial charge in [-0.15, -0.1) is 0 Å². The standard InChI is InChI=1S/C32H42N4O6.C12H25N.C2H5NO/c1-21(38)30(17-23-7-9-27(10-8-23)41-31-19-26(39)18-28(20-37)42-31)33-22(2)35-14-12-25(13-15-35)36-16-11-24-5-3-4-6-29(24)34-32(36)40;1-3-8-12(9-4-2)13-10-6-5-7-11-13;1-2(3)4/h3-10,25-26,28,30-31,33,37,39H,2,11-20H2,1H3,(H,34,40);12H,3-11H2,1-2H3;1H3,(H2,3,4)/t26?,28?,30-,31?;;/m1../s1. The highest BCUT2D eigenvalue weighted by atomic mass is 16.7. The predicted molar refractivity (Wildman–Crippen MR) is 233 cm³/mol. The molecule has 3 unspecified atom stereocenters. The van der Waals surface area contributed by atoms with Crippen molar-refractivity contribution in [3.8, 4) is 5.75 Å². The van der Waals surface area contributed by atoms with E-state index in [1.807, 2.05) is 47.4 Å². The summed E-state index contributed by atoms with van der Waals surface area (Å²) in [6.07, 6.45) is 11.9. The molecular formula is C46H72N6O7. The molecule has 4 aliphatic rings. The Balaban J connectivity index is 0.000000377. The zero-order valence-corrected chi connectivity index (χ0v) is 36.1. The third-order valence-electron chi connectivity index (χ3n) is 11.6. The lowest BCUT2D eigenvalue weighted by atomic mass is 10.0. The first-order chi connectivity index (χ1) is 28.4. The van der Waals surface area contributed by atoms with E-state index in [-0.39, 0.29) is 30.4 Å². The Kier molecular flexibility index (Phi) is 20.0. The van der Waals surface area contributed by atoms with E-state index in [2.05, 4.69) is 52.7 Å². The smallest absolute Gasteiger partial charge is 0.322 e. The number of primary amides is 1. The molecule has 2 aromatic rings. The Morgan fingerprint density at radius 1 is 0.966 bits per heavy atom. The second-order valence-electron chi connectivity index (χ2n) is 16.4. The fourth-order valence-electron chi connectivity index (χ4n) is 8.47. The third kappa shape index (κ3) is 15.7. The summed E-state index contributed by atoms with van der Waals surface area (Å²) in [6.45, 7) is 16.5. The van der Waals surface area contributed by atoms with Crippen LogP contribution in [0, 0.1) is 0 Å². The molecular weight excluding hydrogens is 749 g/mol. The van der Waals surface area contributed by atoms with E-state index >= 15 is 0 Å². The number of aliphatic hydroxyl groups is 2. The summed E-state index contributed by atoms with van der Waals surface area (Å²) < 4.78 is 11.5.